The van der Waals surface area contributed by atoms with Gasteiger partial charge in [0.25, 0.3) is 0 Å². The van der Waals surface area contributed by atoms with Crippen LogP contribution in [0.1, 0.15) is 15.9 Å². The summed E-state index contributed by atoms with van der Waals surface area (Å²) in [5, 5.41) is 8.64. The molecule has 0 fully saturated rings. The Morgan fingerprint density at radius 3 is 2.64 bits per heavy atom. The highest BCUT2D eigenvalue weighted by atomic mass is 32.1. The van der Waals surface area contributed by atoms with E-state index in [2.05, 4.69) is 12.6 Å². The number of carboxylic acid groups (broad SMARTS) is 1. The van der Waals surface area contributed by atoms with E-state index in [0.29, 0.717) is 4.90 Å². The molecule has 58 valence electrons. The van der Waals surface area contributed by atoms with Crippen molar-refractivity contribution in [1.29, 1.82) is 0 Å². The maximum absolute atomic E-state index is 10.5. The molecule has 0 saturated carbocycles. The van der Waals surface area contributed by atoms with Crippen LogP contribution in [0.5, 0.6) is 0 Å². The average Bonchev–Trinajstić information content (AvgIpc) is 1.94. The predicted molar refractivity (Wildman–Crippen MR) is 45.4 cm³/mol. The van der Waals surface area contributed by atoms with E-state index in [-0.39, 0.29) is 5.56 Å². The number of hydrogen-bond donors (Lipinski definition) is 2. The highest BCUT2D eigenvalue weighted by molar-refractivity contribution is 7.80. The molecule has 1 rings (SSSR count). The van der Waals surface area contributed by atoms with Crippen molar-refractivity contribution in [3.05, 3.63) is 29.3 Å². The molecule has 1 aromatic rings. The maximum atomic E-state index is 10.5. The van der Waals surface area contributed by atoms with Crippen LogP contribution in [0.2, 0.25) is 0 Å². The summed E-state index contributed by atoms with van der Waals surface area (Å²) in [6.07, 6.45) is 0. The Bertz CT molecular complexity index is 294. The first-order chi connectivity index (χ1) is 5.11. The van der Waals surface area contributed by atoms with E-state index in [4.69, 9.17) is 5.11 Å². The second kappa shape index (κ2) is 2.96. The third-order valence-electron chi connectivity index (χ3n) is 1.38. The van der Waals surface area contributed by atoms with Gasteiger partial charge in [0.2, 0.25) is 0 Å². The van der Waals surface area contributed by atoms with E-state index < -0.39 is 5.97 Å². The zero-order chi connectivity index (χ0) is 8.43. The summed E-state index contributed by atoms with van der Waals surface area (Å²) in [4.78, 5) is 11.0. The van der Waals surface area contributed by atoms with Gasteiger partial charge in [-0.2, -0.15) is 0 Å². The first kappa shape index (κ1) is 8.14. The number of rotatable bonds is 1. The molecule has 0 amide bonds. The Morgan fingerprint density at radius 1 is 1.55 bits per heavy atom. The van der Waals surface area contributed by atoms with Gasteiger partial charge in [0.15, 0.2) is 0 Å². The van der Waals surface area contributed by atoms with Gasteiger partial charge >= 0.3 is 5.97 Å². The van der Waals surface area contributed by atoms with Crippen LogP contribution in [0.15, 0.2) is 23.1 Å². The molecule has 0 bridgehead atoms. The maximum Gasteiger partial charge on any atom is 0.336 e. The minimum atomic E-state index is -0.932. The Morgan fingerprint density at radius 2 is 2.18 bits per heavy atom. The lowest BCUT2D eigenvalue weighted by molar-refractivity contribution is 0.0693. The van der Waals surface area contributed by atoms with E-state index >= 15 is 0 Å². The van der Waals surface area contributed by atoms with Crippen molar-refractivity contribution in [2.75, 3.05) is 0 Å². The lowest BCUT2D eigenvalue weighted by Gasteiger charge is -1.99. The molecule has 0 aliphatic heterocycles. The van der Waals surface area contributed by atoms with Crippen LogP contribution >= 0.6 is 12.6 Å². The molecule has 0 aromatic heterocycles. The predicted octanol–water partition coefficient (Wildman–Crippen LogP) is 1.98. The van der Waals surface area contributed by atoms with Gasteiger partial charge in [-0.1, -0.05) is 11.6 Å². The lowest BCUT2D eigenvalue weighted by Crippen LogP contribution is -1.97. The fraction of sp³-hybridized carbons (Fsp3) is 0.125. The third kappa shape index (κ3) is 1.74. The molecule has 0 heterocycles. The molecule has 1 N–H and O–H groups in total. The fourth-order valence-corrected chi connectivity index (χ4v) is 1.06. The van der Waals surface area contributed by atoms with Crippen LogP contribution in [0.25, 0.3) is 0 Å². The van der Waals surface area contributed by atoms with Gasteiger partial charge in [0.1, 0.15) is 0 Å². The lowest BCUT2D eigenvalue weighted by atomic mass is 10.1. The minimum Gasteiger partial charge on any atom is -0.478 e. The van der Waals surface area contributed by atoms with Crippen LogP contribution in [0.4, 0.5) is 0 Å². The molecule has 0 aliphatic carbocycles. The molecule has 0 atom stereocenters. The Hall–Kier alpha value is -0.960. The molecule has 0 radical (unpaired) electrons. The quantitative estimate of drug-likeness (QED) is 0.629. The molecule has 2 nitrogen and oxygen atoms in total. The summed E-state index contributed by atoms with van der Waals surface area (Å²) in [5.74, 6) is -0.932. The average molecular weight is 168 g/mol. The fourth-order valence-electron chi connectivity index (χ4n) is 0.821. The van der Waals surface area contributed by atoms with Gasteiger partial charge in [-0.25, -0.2) is 4.79 Å². The van der Waals surface area contributed by atoms with Crippen molar-refractivity contribution in [3.63, 3.8) is 0 Å². The van der Waals surface area contributed by atoms with Crippen molar-refractivity contribution in [3.8, 4) is 0 Å². The SMILES string of the molecule is Cc1ccc(S)c(C(=O)O)c1. The highest BCUT2D eigenvalue weighted by Crippen LogP contribution is 2.14. The second-order valence-electron chi connectivity index (χ2n) is 2.33. The number of aryl methyl sites for hydroxylation is 1. The standard InChI is InChI=1S/C8H8O2S/c1-5-2-3-7(11)6(4-5)8(9)10/h2-4,11H,1H3,(H,9,10). The number of aromatic carboxylic acids is 1. The van der Waals surface area contributed by atoms with Crippen LogP contribution in [0.3, 0.4) is 0 Å². The first-order valence-electron chi connectivity index (χ1n) is 3.14. The smallest absolute Gasteiger partial charge is 0.336 e. The van der Waals surface area contributed by atoms with Crippen molar-refractivity contribution in [1.82, 2.24) is 0 Å². The molecule has 11 heavy (non-hydrogen) atoms. The van der Waals surface area contributed by atoms with Gasteiger partial charge in [-0.3, -0.25) is 0 Å². The Labute approximate surface area is 70.3 Å². The summed E-state index contributed by atoms with van der Waals surface area (Å²) in [6, 6.07) is 5.11. The van der Waals surface area contributed by atoms with E-state index in [9.17, 15) is 4.79 Å². The van der Waals surface area contributed by atoms with Crippen molar-refractivity contribution >= 4 is 18.6 Å². The van der Waals surface area contributed by atoms with E-state index in [1.54, 1.807) is 12.1 Å². The molecular weight excluding hydrogens is 160 g/mol. The number of carboxylic acids is 1. The van der Waals surface area contributed by atoms with Crippen LogP contribution < -0.4 is 0 Å². The van der Waals surface area contributed by atoms with E-state index in [1.807, 2.05) is 13.0 Å². The Balaban J connectivity index is 3.23. The summed E-state index contributed by atoms with van der Waals surface area (Å²) in [7, 11) is 0. The van der Waals surface area contributed by atoms with E-state index in [1.165, 1.54) is 0 Å². The summed E-state index contributed by atoms with van der Waals surface area (Å²) >= 11 is 4.00. The number of carbonyl (C=O) groups is 1. The summed E-state index contributed by atoms with van der Waals surface area (Å²) in [6.45, 7) is 1.85. The summed E-state index contributed by atoms with van der Waals surface area (Å²) < 4.78 is 0. The van der Waals surface area contributed by atoms with Gasteiger partial charge in [-0.15, -0.1) is 12.6 Å². The van der Waals surface area contributed by atoms with Crippen LogP contribution in [0, 0.1) is 6.92 Å². The molecular formula is C8H8O2S. The van der Waals surface area contributed by atoms with Gasteiger partial charge in [0, 0.05) is 4.90 Å². The third-order valence-corrected chi connectivity index (χ3v) is 1.77. The van der Waals surface area contributed by atoms with Crippen molar-refractivity contribution in [2.24, 2.45) is 0 Å². The monoisotopic (exact) mass is 168 g/mol. The zero-order valence-electron chi connectivity index (χ0n) is 6.03. The normalized spacial score (nSPS) is 9.64. The van der Waals surface area contributed by atoms with Crippen LogP contribution in [-0.4, -0.2) is 11.1 Å². The number of hydrogen-bond acceptors (Lipinski definition) is 2. The molecule has 0 unspecified atom stereocenters. The highest BCUT2D eigenvalue weighted by Gasteiger charge is 2.05. The van der Waals surface area contributed by atoms with Gasteiger partial charge < -0.3 is 5.11 Å². The van der Waals surface area contributed by atoms with Crippen LogP contribution in [-0.2, 0) is 0 Å². The number of thiol groups is 1. The Kier molecular flexibility index (Phi) is 2.19. The van der Waals surface area contributed by atoms with Gasteiger partial charge in [0.05, 0.1) is 5.56 Å². The largest absolute Gasteiger partial charge is 0.478 e. The molecule has 0 aliphatic rings. The molecule has 0 spiro atoms. The van der Waals surface area contributed by atoms with E-state index in [0.717, 1.165) is 5.56 Å². The van der Waals surface area contributed by atoms with Gasteiger partial charge in [-0.05, 0) is 19.1 Å². The minimum absolute atomic E-state index is 0.258. The zero-order valence-corrected chi connectivity index (χ0v) is 6.93. The van der Waals surface area contributed by atoms with Crippen molar-refractivity contribution in [2.45, 2.75) is 11.8 Å². The number of benzene rings is 1. The molecule has 3 heteroatoms. The summed E-state index contributed by atoms with van der Waals surface area (Å²) in [5.41, 5.74) is 1.19. The first-order valence-corrected chi connectivity index (χ1v) is 3.59. The molecule has 1 aromatic carbocycles. The second-order valence-corrected chi connectivity index (χ2v) is 2.81. The topological polar surface area (TPSA) is 37.3 Å². The molecule has 0 saturated heterocycles. The van der Waals surface area contributed by atoms with Crippen molar-refractivity contribution < 1.29 is 9.90 Å².